The standard InChI is InChI=1S/C26H27ClN2O3/c1-18-15-22(16-19(2)26(18)27)31-14-6-13-29-24-8-5-4-7-23(24)28-25(29)17-32-21-11-9-20(30-3)10-12-21/h4-5,7-12,15-16H,6,13-14,17H2,1-3H3. The molecule has 6 heteroatoms. The topological polar surface area (TPSA) is 45.5 Å². The first-order valence-electron chi connectivity index (χ1n) is 10.7. The molecule has 5 nitrogen and oxygen atoms in total. The van der Waals surface area contributed by atoms with Gasteiger partial charge in [0, 0.05) is 11.6 Å². The highest BCUT2D eigenvalue weighted by Gasteiger charge is 2.11. The van der Waals surface area contributed by atoms with E-state index in [0.717, 1.165) is 63.2 Å². The first-order valence-corrected chi connectivity index (χ1v) is 11.0. The van der Waals surface area contributed by atoms with Crippen molar-refractivity contribution in [3.63, 3.8) is 0 Å². The Balaban J connectivity index is 1.43. The van der Waals surface area contributed by atoms with Crippen LogP contribution in [0.3, 0.4) is 0 Å². The Labute approximate surface area is 193 Å². The summed E-state index contributed by atoms with van der Waals surface area (Å²) in [6.45, 7) is 5.76. The molecule has 1 heterocycles. The van der Waals surface area contributed by atoms with Crippen molar-refractivity contribution < 1.29 is 14.2 Å². The van der Waals surface area contributed by atoms with Crippen LogP contribution in [-0.2, 0) is 13.2 Å². The summed E-state index contributed by atoms with van der Waals surface area (Å²) in [7, 11) is 1.65. The number of para-hydroxylation sites is 2. The van der Waals surface area contributed by atoms with Gasteiger partial charge in [0.25, 0.3) is 0 Å². The maximum atomic E-state index is 6.26. The highest BCUT2D eigenvalue weighted by Crippen LogP contribution is 2.26. The summed E-state index contributed by atoms with van der Waals surface area (Å²) in [5.74, 6) is 3.32. The molecule has 0 atom stereocenters. The van der Waals surface area contributed by atoms with E-state index in [2.05, 4.69) is 10.6 Å². The molecule has 0 radical (unpaired) electrons. The molecule has 0 saturated heterocycles. The highest BCUT2D eigenvalue weighted by atomic mass is 35.5. The summed E-state index contributed by atoms with van der Waals surface area (Å²) in [6, 6.07) is 19.7. The molecule has 0 N–H and O–H groups in total. The molecule has 0 saturated carbocycles. The van der Waals surface area contributed by atoms with Gasteiger partial charge in [-0.15, -0.1) is 0 Å². The van der Waals surface area contributed by atoms with E-state index in [1.807, 2.05) is 68.4 Å². The van der Waals surface area contributed by atoms with Crippen molar-refractivity contribution in [1.82, 2.24) is 9.55 Å². The summed E-state index contributed by atoms with van der Waals surface area (Å²) in [5, 5.41) is 0.795. The number of methoxy groups -OCH3 is 1. The van der Waals surface area contributed by atoms with Gasteiger partial charge in [-0.1, -0.05) is 23.7 Å². The Morgan fingerprint density at radius 2 is 1.56 bits per heavy atom. The number of aryl methyl sites for hydroxylation is 3. The Bertz CT molecular complexity index is 1180. The fourth-order valence-corrected chi connectivity index (χ4v) is 3.82. The number of rotatable bonds is 9. The van der Waals surface area contributed by atoms with Gasteiger partial charge in [0.1, 0.15) is 29.7 Å². The van der Waals surface area contributed by atoms with E-state index in [-0.39, 0.29) is 0 Å². The maximum absolute atomic E-state index is 6.26. The van der Waals surface area contributed by atoms with Crippen LogP contribution in [0, 0.1) is 13.8 Å². The van der Waals surface area contributed by atoms with Crippen molar-refractivity contribution in [2.24, 2.45) is 0 Å². The molecule has 0 aliphatic carbocycles. The van der Waals surface area contributed by atoms with Gasteiger partial charge in [-0.3, -0.25) is 0 Å². The lowest BCUT2D eigenvalue weighted by Crippen LogP contribution is -2.10. The molecule has 0 aliphatic rings. The number of benzene rings is 3. The van der Waals surface area contributed by atoms with Gasteiger partial charge in [0.05, 0.1) is 24.8 Å². The minimum atomic E-state index is 0.386. The number of hydrogen-bond acceptors (Lipinski definition) is 4. The van der Waals surface area contributed by atoms with Crippen LogP contribution in [0.15, 0.2) is 60.7 Å². The Morgan fingerprint density at radius 1 is 0.875 bits per heavy atom. The lowest BCUT2D eigenvalue weighted by atomic mass is 10.1. The minimum absolute atomic E-state index is 0.386. The van der Waals surface area contributed by atoms with Crippen LogP contribution in [0.4, 0.5) is 0 Å². The van der Waals surface area contributed by atoms with Gasteiger partial charge >= 0.3 is 0 Å². The molecule has 0 amide bonds. The third-order valence-electron chi connectivity index (χ3n) is 5.37. The highest BCUT2D eigenvalue weighted by molar-refractivity contribution is 6.32. The summed E-state index contributed by atoms with van der Waals surface area (Å²) in [6.07, 6.45) is 0.844. The largest absolute Gasteiger partial charge is 0.497 e. The Hall–Kier alpha value is -3.18. The van der Waals surface area contributed by atoms with Crippen molar-refractivity contribution >= 4 is 22.6 Å². The van der Waals surface area contributed by atoms with Gasteiger partial charge in [0.2, 0.25) is 0 Å². The fourth-order valence-electron chi connectivity index (χ4n) is 3.71. The number of fused-ring (bicyclic) bond motifs is 1. The second-order valence-corrected chi connectivity index (χ2v) is 8.08. The van der Waals surface area contributed by atoms with Crippen LogP contribution in [0.2, 0.25) is 5.02 Å². The summed E-state index contributed by atoms with van der Waals surface area (Å²) >= 11 is 6.26. The minimum Gasteiger partial charge on any atom is -0.497 e. The van der Waals surface area contributed by atoms with E-state index in [4.69, 9.17) is 30.8 Å². The zero-order valence-electron chi connectivity index (χ0n) is 18.6. The smallest absolute Gasteiger partial charge is 0.147 e. The van der Waals surface area contributed by atoms with Crippen molar-refractivity contribution in [1.29, 1.82) is 0 Å². The van der Waals surface area contributed by atoms with Crippen LogP contribution >= 0.6 is 11.6 Å². The fraction of sp³-hybridized carbons (Fsp3) is 0.269. The molecule has 0 fully saturated rings. The van der Waals surface area contributed by atoms with Crippen molar-refractivity contribution in [2.45, 2.75) is 33.4 Å². The quantitative estimate of drug-likeness (QED) is 0.278. The van der Waals surface area contributed by atoms with E-state index in [0.29, 0.717) is 13.2 Å². The molecule has 0 unspecified atom stereocenters. The van der Waals surface area contributed by atoms with Crippen molar-refractivity contribution in [3.8, 4) is 17.2 Å². The predicted octanol–water partition coefficient (Wildman–Crippen LogP) is 6.36. The summed E-state index contributed by atoms with van der Waals surface area (Å²) in [5.41, 5.74) is 4.12. The number of ether oxygens (including phenoxy) is 3. The van der Waals surface area contributed by atoms with Crippen molar-refractivity contribution in [2.75, 3.05) is 13.7 Å². The average Bonchev–Trinajstić information content (AvgIpc) is 3.16. The van der Waals surface area contributed by atoms with Crippen molar-refractivity contribution in [3.05, 3.63) is 82.6 Å². The Morgan fingerprint density at radius 3 is 2.28 bits per heavy atom. The molecule has 0 spiro atoms. The number of nitrogens with zero attached hydrogens (tertiary/aromatic N) is 2. The van der Waals surface area contributed by atoms with Gasteiger partial charge in [-0.2, -0.15) is 0 Å². The molecule has 0 bridgehead atoms. The molecule has 4 aromatic rings. The van der Waals surface area contributed by atoms with Crippen LogP contribution < -0.4 is 14.2 Å². The molecule has 0 aliphatic heterocycles. The molecule has 166 valence electrons. The monoisotopic (exact) mass is 450 g/mol. The lowest BCUT2D eigenvalue weighted by Gasteiger charge is -2.13. The molecule has 3 aromatic carbocycles. The SMILES string of the molecule is COc1ccc(OCc2nc3ccccc3n2CCCOc2cc(C)c(Cl)c(C)c2)cc1. The van der Waals surface area contributed by atoms with E-state index in [1.54, 1.807) is 7.11 Å². The van der Waals surface area contributed by atoms with Gasteiger partial charge < -0.3 is 18.8 Å². The Kier molecular flexibility index (Phi) is 6.86. The first-order chi connectivity index (χ1) is 15.5. The summed E-state index contributed by atoms with van der Waals surface area (Å²) < 4.78 is 19.4. The molecule has 1 aromatic heterocycles. The van der Waals surface area contributed by atoms with Gasteiger partial charge in [-0.25, -0.2) is 4.98 Å². The molecular weight excluding hydrogens is 424 g/mol. The van der Waals surface area contributed by atoms with E-state index >= 15 is 0 Å². The second kappa shape index (κ2) is 9.96. The van der Waals surface area contributed by atoms with E-state index in [9.17, 15) is 0 Å². The zero-order valence-corrected chi connectivity index (χ0v) is 19.4. The predicted molar refractivity (Wildman–Crippen MR) is 128 cm³/mol. The van der Waals surface area contributed by atoms with Crippen LogP contribution in [0.5, 0.6) is 17.2 Å². The van der Waals surface area contributed by atoms with E-state index in [1.165, 1.54) is 0 Å². The third-order valence-corrected chi connectivity index (χ3v) is 5.96. The van der Waals surface area contributed by atoms with Crippen LogP contribution in [0.25, 0.3) is 11.0 Å². The molecule has 4 rings (SSSR count). The lowest BCUT2D eigenvalue weighted by molar-refractivity contribution is 0.280. The number of halogens is 1. The first kappa shape index (κ1) is 22.0. The average molecular weight is 451 g/mol. The van der Waals surface area contributed by atoms with Crippen LogP contribution in [0.1, 0.15) is 23.4 Å². The molecule has 32 heavy (non-hydrogen) atoms. The van der Waals surface area contributed by atoms with Gasteiger partial charge in [-0.05, 0) is 79.9 Å². The number of aromatic nitrogens is 2. The number of imidazole rings is 1. The van der Waals surface area contributed by atoms with E-state index < -0.39 is 0 Å². The number of hydrogen-bond donors (Lipinski definition) is 0. The second-order valence-electron chi connectivity index (χ2n) is 7.71. The van der Waals surface area contributed by atoms with Crippen LogP contribution in [-0.4, -0.2) is 23.3 Å². The maximum Gasteiger partial charge on any atom is 0.147 e. The molecular formula is C26H27ClN2O3. The zero-order chi connectivity index (χ0) is 22.5. The third kappa shape index (κ3) is 5.00. The van der Waals surface area contributed by atoms with Gasteiger partial charge in [0.15, 0.2) is 0 Å². The normalized spacial score (nSPS) is 11.0. The summed E-state index contributed by atoms with van der Waals surface area (Å²) in [4.78, 5) is 4.79.